The van der Waals surface area contributed by atoms with Gasteiger partial charge in [-0.1, -0.05) is 54.6 Å². The molecule has 1 atom stereocenters. The molecular weight excluding hydrogens is 402 g/mol. The number of aryl methyl sites for hydroxylation is 1. The average molecular weight is 432 g/mol. The number of amides is 1. The van der Waals surface area contributed by atoms with Crippen molar-refractivity contribution in [2.45, 2.75) is 50.2 Å². The Kier molecular flexibility index (Phi) is 5.47. The molecule has 6 nitrogen and oxygen atoms in total. The molecule has 1 aliphatic carbocycles. The normalized spacial score (nSPS) is 23.0. The lowest BCUT2D eigenvalue weighted by atomic mass is 9.67. The van der Waals surface area contributed by atoms with E-state index < -0.39 is 6.09 Å². The Balaban J connectivity index is 1.32. The van der Waals surface area contributed by atoms with E-state index in [1.165, 1.54) is 18.4 Å². The summed E-state index contributed by atoms with van der Waals surface area (Å²) in [5.41, 5.74) is 4.32. The number of nitrogens with zero attached hydrogens (tertiary/aromatic N) is 2. The van der Waals surface area contributed by atoms with Gasteiger partial charge in [0.2, 0.25) is 0 Å². The van der Waals surface area contributed by atoms with Gasteiger partial charge in [0.05, 0.1) is 18.9 Å². The first-order valence-electron chi connectivity index (χ1n) is 11.3. The smallest absolute Gasteiger partial charge is 0.413 e. The van der Waals surface area contributed by atoms with Crippen LogP contribution in [0, 0.1) is 0 Å². The van der Waals surface area contributed by atoms with E-state index in [4.69, 9.17) is 9.47 Å². The summed E-state index contributed by atoms with van der Waals surface area (Å²) in [7, 11) is 1.81. The third-order valence-corrected chi connectivity index (χ3v) is 7.01. The molecule has 1 aromatic heterocycles. The van der Waals surface area contributed by atoms with Crippen molar-refractivity contribution < 1.29 is 14.3 Å². The molecule has 1 amide bonds. The van der Waals surface area contributed by atoms with Crippen molar-refractivity contribution in [1.82, 2.24) is 9.78 Å². The lowest BCUT2D eigenvalue weighted by Crippen LogP contribution is -2.45. The second kappa shape index (κ2) is 8.43. The highest BCUT2D eigenvalue weighted by atomic mass is 16.6. The molecule has 6 rings (SSSR count). The van der Waals surface area contributed by atoms with Gasteiger partial charge in [0, 0.05) is 18.0 Å². The second-order valence-corrected chi connectivity index (χ2v) is 8.98. The molecule has 166 valence electrons. The molecule has 3 aliphatic rings. The van der Waals surface area contributed by atoms with E-state index in [1.807, 2.05) is 44.3 Å². The minimum absolute atomic E-state index is 0.153. The monoisotopic (exact) mass is 431 g/mol. The summed E-state index contributed by atoms with van der Waals surface area (Å²) >= 11 is 0. The Bertz CT molecular complexity index is 1070. The number of hydrogen-bond donors (Lipinski definition) is 1. The molecule has 32 heavy (non-hydrogen) atoms. The van der Waals surface area contributed by atoms with Crippen LogP contribution in [0.2, 0.25) is 0 Å². The van der Waals surface area contributed by atoms with Crippen LogP contribution in [0.4, 0.5) is 10.6 Å². The van der Waals surface area contributed by atoms with Gasteiger partial charge in [-0.05, 0) is 49.3 Å². The van der Waals surface area contributed by atoms with Crippen LogP contribution in [0.25, 0.3) is 11.1 Å². The van der Waals surface area contributed by atoms with Crippen LogP contribution in [0.5, 0.6) is 0 Å². The number of benzene rings is 2. The van der Waals surface area contributed by atoms with Crippen molar-refractivity contribution in [2.75, 3.05) is 11.9 Å². The van der Waals surface area contributed by atoms with Crippen LogP contribution in [0.1, 0.15) is 49.8 Å². The van der Waals surface area contributed by atoms with Gasteiger partial charge in [-0.15, -0.1) is 0 Å². The molecule has 0 radical (unpaired) electrons. The van der Waals surface area contributed by atoms with Crippen molar-refractivity contribution in [3.8, 4) is 11.1 Å². The number of rotatable bonds is 5. The van der Waals surface area contributed by atoms with Gasteiger partial charge in [0.25, 0.3) is 0 Å². The van der Waals surface area contributed by atoms with E-state index in [0.29, 0.717) is 11.9 Å². The van der Waals surface area contributed by atoms with Crippen molar-refractivity contribution in [2.24, 2.45) is 7.05 Å². The topological polar surface area (TPSA) is 65.4 Å². The quantitative estimate of drug-likeness (QED) is 0.570. The highest BCUT2D eigenvalue weighted by molar-refractivity contribution is 5.90. The zero-order valence-electron chi connectivity index (χ0n) is 18.6. The van der Waals surface area contributed by atoms with E-state index in [2.05, 4.69) is 34.7 Å². The number of carbonyl (C=O) groups excluding carboxylic acids is 1. The molecule has 1 saturated carbocycles. The molecule has 1 N–H and O–H groups in total. The van der Waals surface area contributed by atoms with Crippen LogP contribution in [0.3, 0.4) is 0 Å². The maximum Gasteiger partial charge on any atom is 0.413 e. The van der Waals surface area contributed by atoms with Gasteiger partial charge in [0.15, 0.2) is 0 Å². The number of carbonyl (C=O) groups is 1. The van der Waals surface area contributed by atoms with Crippen molar-refractivity contribution >= 4 is 11.9 Å². The van der Waals surface area contributed by atoms with Crippen molar-refractivity contribution in [3.63, 3.8) is 0 Å². The van der Waals surface area contributed by atoms with Gasteiger partial charge >= 0.3 is 6.09 Å². The SMILES string of the molecule is C[C@@H](OC(=O)Nc1c(-c2ccc(C34CCC(CC3)OC4)cc2)cnn1C)c1ccccc1. The van der Waals surface area contributed by atoms with Gasteiger partial charge in [0.1, 0.15) is 11.9 Å². The molecule has 6 heteroatoms. The Morgan fingerprint density at radius 2 is 1.88 bits per heavy atom. The number of nitrogens with one attached hydrogen (secondary N) is 1. The summed E-state index contributed by atoms with van der Waals surface area (Å²) in [4.78, 5) is 12.6. The molecule has 2 aliphatic heterocycles. The summed E-state index contributed by atoms with van der Waals surface area (Å²) in [6.07, 6.45) is 6.09. The molecule has 0 spiro atoms. The summed E-state index contributed by atoms with van der Waals surface area (Å²) in [5, 5.41) is 7.24. The van der Waals surface area contributed by atoms with Crippen molar-refractivity contribution in [3.05, 3.63) is 71.9 Å². The molecule has 3 heterocycles. The maximum atomic E-state index is 12.6. The number of anilines is 1. The molecule has 2 saturated heterocycles. The van der Waals surface area contributed by atoms with Gasteiger partial charge in [-0.3, -0.25) is 10.00 Å². The Labute approximate surface area is 188 Å². The predicted octanol–water partition coefficient (Wildman–Crippen LogP) is 5.61. The first-order chi connectivity index (χ1) is 15.5. The van der Waals surface area contributed by atoms with E-state index in [0.717, 1.165) is 36.1 Å². The molecule has 2 bridgehead atoms. The minimum atomic E-state index is -0.502. The lowest BCUT2D eigenvalue weighted by molar-refractivity contribution is -0.0792. The Morgan fingerprint density at radius 1 is 1.16 bits per heavy atom. The van der Waals surface area contributed by atoms with Crippen molar-refractivity contribution in [1.29, 1.82) is 0 Å². The highest BCUT2D eigenvalue weighted by Gasteiger charge is 2.42. The third-order valence-electron chi connectivity index (χ3n) is 7.01. The Hall–Kier alpha value is -3.12. The fraction of sp³-hybridized carbons (Fsp3) is 0.385. The molecule has 0 unspecified atom stereocenters. The molecular formula is C26H29N3O3. The maximum absolute atomic E-state index is 12.6. The first-order valence-corrected chi connectivity index (χ1v) is 11.3. The summed E-state index contributed by atoms with van der Waals surface area (Å²) in [5.74, 6) is 0.614. The van der Waals surface area contributed by atoms with Crippen LogP contribution in [-0.2, 0) is 21.9 Å². The van der Waals surface area contributed by atoms with Gasteiger partial charge in [-0.25, -0.2) is 4.79 Å². The summed E-state index contributed by atoms with van der Waals surface area (Å²) in [6.45, 7) is 2.68. The van der Waals surface area contributed by atoms with E-state index in [9.17, 15) is 4.79 Å². The molecule has 3 aromatic rings. The van der Waals surface area contributed by atoms with E-state index in [1.54, 1.807) is 10.9 Å². The largest absolute Gasteiger partial charge is 0.441 e. The lowest BCUT2D eigenvalue weighted by Gasteiger charge is -2.46. The fourth-order valence-electron chi connectivity index (χ4n) is 4.98. The van der Waals surface area contributed by atoms with E-state index >= 15 is 0 Å². The van der Waals surface area contributed by atoms with E-state index in [-0.39, 0.29) is 11.5 Å². The number of hydrogen-bond acceptors (Lipinski definition) is 4. The number of aromatic nitrogens is 2. The van der Waals surface area contributed by atoms with Crippen LogP contribution in [-0.4, -0.2) is 28.6 Å². The molecule has 3 fully saturated rings. The van der Waals surface area contributed by atoms with Gasteiger partial charge in [-0.2, -0.15) is 5.10 Å². The third kappa shape index (κ3) is 3.91. The zero-order chi connectivity index (χ0) is 22.1. The zero-order valence-corrected chi connectivity index (χ0v) is 18.6. The van der Waals surface area contributed by atoms with Crippen LogP contribution >= 0.6 is 0 Å². The second-order valence-electron chi connectivity index (χ2n) is 8.98. The first kappa shape index (κ1) is 20.8. The summed E-state index contributed by atoms with van der Waals surface area (Å²) < 4.78 is 13.2. The van der Waals surface area contributed by atoms with Crippen LogP contribution in [0.15, 0.2) is 60.8 Å². The average Bonchev–Trinajstić information content (AvgIpc) is 3.20. The number of ether oxygens (including phenoxy) is 2. The minimum Gasteiger partial charge on any atom is -0.441 e. The standard InChI is InChI=1S/C26H29N3O3/c1-18(19-6-4-3-5-7-19)32-25(30)28-24-23(16-27-29(24)2)20-8-10-21(11-9-20)26-14-12-22(13-15-26)31-17-26/h3-11,16,18,22H,12-15,17H2,1-2H3,(H,28,30)/t18-,22?,26?/m1/s1. The summed E-state index contributed by atoms with van der Waals surface area (Å²) in [6, 6.07) is 18.3. The fourth-order valence-corrected chi connectivity index (χ4v) is 4.98. The predicted molar refractivity (Wildman–Crippen MR) is 123 cm³/mol. The van der Waals surface area contributed by atoms with Gasteiger partial charge < -0.3 is 9.47 Å². The number of fused-ring (bicyclic) bond motifs is 3. The molecule has 2 aromatic carbocycles. The Morgan fingerprint density at radius 3 is 2.53 bits per heavy atom. The highest BCUT2D eigenvalue weighted by Crippen LogP contribution is 2.45. The van der Waals surface area contributed by atoms with Crippen LogP contribution < -0.4 is 5.32 Å².